The molecule has 1 aromatic heterocycles. The molecule has 1 aromatic rings. The molecule has 0 aliphatic heterocycles. The number of aliphatic hydroxyl groups is 1. The van der Waals surface area contributed by atoms with Gasteiger partial charge in [0.2, 0.25) is 5.91 Å². The number of carboxylic acid groups (broad SMARTS) is 1. The smallest absolute Gasteiger partial charge is 0.328 e. The van der Waals surface area contributed by atoms with Gasteiger partial charge in [-0.05, 0) is 13.8 Å². The Morgan fingerprint density at radius 3 is 2.74 bits per heavy atom. The molecule has 0 saturated heterocycles. The molecule has 1 atom stereocenters. The van der Waals surface area contributed by atoms with Gasteiger partial charge in [-0.2, -0.15) is 0 Å². The maximum Gasteiger partial charge on any atom is 0.328 e. The highest BCUT2D eigenvalue weighted by Crippen LogP contribution is 2.18. The van der Waals surface area contributed by atoms with E-state index < -0.39 is 24.5 Å². The third kappa shape index (κ3) is 4.52. The molecule has 19 heavy (non-hydrogen) atoms. The van der Waals surface area contributed by atoms with Gasteiger partial charge in [-0.3, -0.25) is 4.79 Å². The Kier molecular flexibility index (Phi) is 5.77. The number of carbonyl (C=O) groups is 2. The van der Waals surface area contributed by atoms with Crippen LogP contribution in [0.3, 0.4) is 0 Å². The normalized spacial score (nSPS) is 12.4. The molecular weight excluding hydrogens is 272 g/mol. The van der Waals surface area contributed by atoms with Crippen LogP contribution in [0.4, 0.5) is 0 Å². The van der Waals surface area contributed by atoms with Crippen LogP contribution in [0.25, 0.3) is 0 Å². The van der Waals surface area contributed by atoms with Crippen molar-refractivity contribution in [2.45, 2.75) is 31.1 Å². The van der Waals surface area contributed by atoms with E-state index in [1.165, 1.54) is 0 Å². The number of nitrogens with zero attached hydrogens (tertiary/aromatic N) is 3. The molecule has 0 unspecified atom stereocenters. The molecule has 0 aliphatic rings. The van der Waals surface area contributed by atoms with E-state index >= 15 is 0 Å². The van der Waals surface area contributed by atoms with Crippen molar-refractivity contribution < 1.29 is 19.8 Å². The fourth-order valence-electron chi connectivity index (χ4n) is 1.24. The predicted molar refractivity (Wildman–Crippen MR) is 67.8 cm³/mol. The molecule has 0 aliphatic carbocycles. The topological polar surface area (TPSA) is 117 Å². The summed E-state index contributed by atoms with van der Waals surface area (Å²) in [5.74, 6) is -1.74. The third-order valence-electron chi connectivity index (χ3n) is 2.24. The van der Waals surface area contributed by atoms with Gasteiger partial charge in [0, 0.05) is 6.04 Å². The number of rotatable bonds is 7. The molecule has 1 rings (SSSR count). The molecule has 1 amide bonds. The molecular formula is C10H16N4O4S. The van der Waals surface area contributed by atoms with Gasteiger partial charge in [0.05, 0.1) is 12.4 Å². The number of aliphatic hydroxyl groups excluding tert-OH is 1. The number of nitrogens with one attached hydrogen (secondary N) is 1. The highest BCUT2D eigenvalue weighted by molar-refractivity contribution is 7.99. The van der Waals surface area contributed by atoms with Gasteiger partial charge in [-0.1, -0.05) is 11.8 Å². The lowest BCUT2D eigenvalue weighted by atomic mass is 10.3. The van der Waals surface area contributed by atoms with E-state index in [1.807, 2.05) is 13.8 Å². The van der Waals surface area contributed by atoms with Crippen LogP contribution in [0.1, 0.15) is 19.9 Å². The lowest BCUT2D eigenvalue weighted by Crippen LogP contribution is -2.44. The largest absolute Gasteiger partial charge is 0.480 e. The van der Waals surface area contributed by atoms with Crippen LogP contribution >= 0.6 is 11.8 Å². The molecule has 3 N–H and O–H groups in total. The monoisotopic (exact) mass is 288 g/mol. The molecule has 0 aromatic carbocycles. The summed E-state index contributed by atoms with van der Waals surface area (Å²) in [6, 6.07) is -1.11. The molecule has 106 valence electrons. The molecule has 9 heteroatoms. The van der Waals surface area contributed by atoms with Crippen LogP contribution in [-0.4, -0.2) is 55.3 Å². The maximum atomic E-state index is 11.5. The number of hydrogen-bond acceptors (Lipinski definition) is 6. The molecule has 0 fully saturated rings. The zero-order valence-corrected chi connectivity index (χ0v) is 11.4. The second-order valence-corrected chi connectivity index (χ2v) is 4.99. The lowest BCUT2D eigenvalue weighted by Gasteiger charge is -2.12. The minimum atomic E-state index is -1.28. The summed E-state index contributed by atoms with van der Waals surface area (Å²) in [4.78, 5) is 22.2. The second-order valence-electron chi connectivity index (χ2n) is 4.04. The fraction of sp³-hybridized carbons (Fsp3) is 0.600. The van der Waals surface area contributed by atoms with Crippen molar-refractivity contribution in [3.8, 4) is 0 Å². The van der Waals surface area contributed by atoms with Crippen molar-refractivity contribution >= 4 is 23.6 Å². The predicted octanol–water partition coefficient (Wildman–Crippen LogP) is -0.487. The second kappa shape index (κ2) is 7.10. The quantitative estimate of drug-likeness (QED) is 0.580. The van der Waals surface area contributed by atoms with Gasteiger partial charge in [0.15, 0.2) is 5.16 Å². The number of hydrogen-bond donors (Lipinski definition) is 3. The highest BCUT2D eigenvalue weighted by atomic mass is 32.2. The molecule has 0 saturated carbocycles. The first kappa shape index (κ1) is 15.4. The number of aliphatic carboxylic acids is 1. The average Bonchev–Trinajstić information content (AvgIpc) is 2.81. The number of thioether (sulfide) groups is 1. The molecule has 0 bridgehead atoms. The number of carbonyl (C=O) groups excluding carboxylic acids is 1. The Bertz CT molecular complexity index is 448. The van der Waals surface area contributed by atoms with Gasteiger partial charge in [0.1, 0.15) is 12.4 Å². The Morgan fingerprint density at radius 1 is 1.53 bits per heavy atom. The summed E-state index contributed by atoms with van der Waals surface area (Å²) >= 11 is 1.16. The fourth-order valence-corrected chi connectivity index (χ4v) is 2.10. The summed E-state index contributed by atoms with van der Waals surface area (Å²) in [6.07, 6.45) is 1.57. The number of amides is 1. The van der Waals surface area contributed by atoms with Crippen LogP contribution in [0.15, 0.2) is 11.5 Å². The van der Waals surface area contributed by atoms with Crippen molar-refractivity contribution in [2.24, 2.45) is 0 Å². The molecule has 1 heterocycles. The third-order valence-corrected chi connectivity index (χ3v) is 3.20. The standard InChI is InChI=1S/C10H16N4O4S/c1-6(2)14-5-11-13-10(14)19-4-8(16)12-7(3-15)9(17)18/h5-7,15H,3-4H2,1-2H3,(H,12,16)(H,17,18)/t7-/m1/s1. The molecule has 0 spiro atoms. The van der Waals surface area contributed by atoms with E-state index in [4.69, 9.17) is 10.2 Å². The average molecular weight is 288 g/mol. The minimum Gasteiger partial charge on any atom is -0.480 e. The van der Waals surface area contributed by atoms with Crippen molar-refractivity contribution in [1.82, 2.24) is 20.1 Å². The van der Waals surface area contributed by atoms with E-state index in [1.54, 1.807) is 10.9 Å². The van der Waals surface area contributed by atoms with Crippen molar-refractivity contribution in [3.05, 3.63) is 6.33 Å². The van der Waals surface area contributed by atoms with E-state index in [9.17, 15) is 9.59 Å². The van der Waals surface area contributed by atoms with E-state index in [-0.39, 0.29) is 11.8 Å². The van der Waals surface area contributed by atoms with E-state index in [0.29, 0.717) is 5.16 Å². The Labute approximate surface area is 114 Å². The Morgan fingerprint density at radius 2 is 2.21 bits per heavy atom. The molecule has 8 nitrogen and oxygen atoms in total. The number of aromatic nitrogens is 3. The van der Waals surface area contributed by atoms with Gasteiger partial charge in [0.25, 0.3) is 0 Å². The number of carboxylic acids is 1. The van der Waals surface area contributed by atoms with Gasteiger partial charge >= 0.3 is 5.97 Å². The summed E-state index contributed by atoms with van der Waals surface area (Å²) in [5.41, 5.74) is 0. The minimum absolute atomic E-state index is 0.00912. The first-order valence-corrected chi connectivity index (χ1v) is 6.59. The zero-order chi connectivity index (χ0) is 14.4. The van der Waals surface area contributed by atoms with Gasteiger partial charge in [-0.25, -0.2) is 4.79 Å². The van der Waals surface area contributed by atoms with Crippen LogP contribution in [0.5, 0.6) is 0 Å². The van der Waals surface area contributed by atoms with Gasteiger partial charge in [-0.15, -0.1) is 10.2 Å². The van der Waals surface area contributed by atoms with E-state index in [0.717, 1.165) is 11.8 Å². The van der Waals surface area contributed by atoms with Crippen molar-refractivity contribution in [1.29, 1.82) is 0 Å². The zero-order valence-electron chi connectivity index (χ0n) is 10.6. The van der Waals surface area contributed by atoms with Crippen LogP contribution in [0.2, 0.25) is 0 Å². The SMILES string of the molecule is CC(C)n1cnnc1SCC(=O)N[C@H](CO)C(=O)O. The summed E-state index contributed by atoms with van der Waals surface area (Å²) in [7, 11) is 0. The van der Waals surface area contributed by atoms with Crippen LogP contribution in [-0.2, 0) is 9.59 Å². The summed E-state index contributed by atoms with van der Waals surface area (Å²) < 4.78 is 1.80. The van der Waals surface area contributed by atoms with Crippen molar-refractivity contribution in [3.63, 3.8) is 0 Å². The Balaban J connectivity index is 2.50. The molecule has 0 radical (unpaired) electrons. The summed E-state index contributed by atoms with van der Waals surface area (Å²) in [6.45, 7) is 3.27. The first-order valence-electron chi connectivity index (χ1n) is 5.61. The Hall–Kier alpha value is -1.61. The maximum absolute atomic E-state index is 11.5. The summed E-state index contributed by atoms with van der Waals surface area (Å²) in [5, 5.41) is 27.9. The lowest BCUT2D eigenvalue weighted by molar-refractivity contribution is -0.142. The van der Waals surface area contributed by atoms with E-state index in [2.05, 4.69) is 15.5 Å². The van der Waals surface area contributed by atoms with Crippen LogP contribution in [0, 0.1) is 0 Å². The van der Waals surface area contributed by atoms with Gasteiger partial charge < -0.3 is 20.1 Å². The first-order chi connectivity index (χ1) is 8.95. The van der Waals surface area contributed by atoms with Crippen molar-refractivity contribution in [2.75, 3.05) is 12.4 Å². The van der Waals surface area contributed by atoms with Crippen LogP contribution < -0.4 is 5.32 Å². The highest BCUT2D eigenvalue weighted by Gasteiger charge is 2.19.